The van der Waals surface area contributed by atoms with E-state index in [0.29, 0.717) is 0 Å². The third-order valence-electron chi connectivity index (χ3n) is 1.27. The normalized spacial score (nSPS) is 9.80. The van der Waals surface area contributed by atoms with Gasteiger partial charge in [0.1, 0.15) is 0 Å². The molecule has 0 aliphatic carbocycles. The molecule has 0 bridgehead atoms. The highest BCUT2D eigenvalue weighted by Gasteiger charge is 2.05. The third-order valence-corrected chi connectivity index (χ3v) is 2.66. The van der Waals surface area contributed by atoms with Crippen molar-refractivity contribution in [1.82, 2.24) is 0 Å². The van der Waals surface area contributed by atoms with E-state index in [1.807, 2.05) is 10.8 Å². The summed E-state index contributed by atoms with van der Waals surface area (Å²) in [6.45, 7) is 1.59. The van der Waals surface area contributed by atoms with Crippen molar-refractivity contribution in [2.45, 2.75) is 12.3 Å². The Labute approximate surface area is 72.2 Å². The van der Waals surface area contributed by atoms with Gasteiger partial charge in [-0.15, -0.1) is 0 Å². The SMILES string of the molecule is CC(=O)c1cscc1CBr. The first-order valence-electron chi connectivity index (χ1n) is 2.87. The van der Waals surface area contributed by atoms with Gasteiger partial charge in [0.05, 0.1) is 0 Å². The molecule has 0 aromatic carbocycles. The quantitative estimate of drug-likeness (QED) is 0.552. The standard InChI is InChI=1S/C7H7BrOS/c1-5(9)7-4-10-3-6(7)2-8/h3-4H,2H2,1H3. The van der Waals surface area contributed by atoms with E-state index >= 15 is 0 Å². The zero-order valence-corrected chi connectivity index (χ0v) is 7.96. The molecule has 1 heterocycles. The van der Waals surface area contributed by atoms with Crippen LogP contribution in [0.2, 0.25) is 0 Å². The molecule has 54 valence electrons. The predicted molar refractivity (Wildman–Crippen MR) is 47.0 cm³/mol. The molecule has 0 N–H and O–H groups in total. The van der Waals surface area contributed by atoms with Crippen molar-refractivity contribution in [3.8, 4) is 0 Å². The summed E-state index contributed by atoms with van der Waals surface area (Å²) in [5, 5.41) is 4.65. The summed E-state index contributed by atoms with van der Waals surface area (Å²) in [6.07, 6.45) is 0. The maximum atomic E-state index is 10.9. The topological polar surface area (TPSA) is 17.1 Å². The summed E-state index contributed by atoms with van der Waals surface area (Å²) in [5.74, 6) is 0.149. The smallest absolute Gasteiger partial charge is 0.160 e. The van der Waals surface area contributed by atoms with Crippen molar-refractivity contribution in [3.05, 3.63) is 21.9 Å². The van der Waals surface area contributed by atoms with Crippen LogP contribution in [-0.2, 0) is 5.33 Å². The maximum absolute atomic E-state index is 10.9. The summed E-state index contributed by atoms with van der Waals surface area (Å²) >= 11 is 4.88. The first-order chi connectivity index (χ1) is 4.75. The van der Waals surface area contributed by atoms with Crippen LogP contribution in [0.4, 0.5) is 0 Å². The van der Waals surface area contributed by atoms with Gasteiger partial charge in [0.15, 0.2) is 5.78 Å². The zero-order valence-electron chi connectivity index (χ0n) is 5.56. The van der Waals surface area contributed by atoms with Gasteiger partial charge in [-0.3, -0.25) is 4.79 Å². The second kappa shape index (κ2) is 3.30. The fourth-order valence-corrected chi connectivity index (χ4v) is 2.31. The molecule has 0 fully saturated rings. The minimum Gasteiger partial charge on any atom is -0.294 e. The number of hydrogen-bond donors (Lipinski definition) is 0. The molecule has 0 unspecified atom stereocenters. The lowest BCUT2D eigenvalue weighted by molar-refractivity contribution is 0.101. The molecule has 1 nitrogen and oxygen atoms in total. The Balaban J connectivity index is 3.01. The summed E-state index contributed by atoms with van der Waals surface area (Å²) in [5.41, 5.74) is 1.94. The second-order valence-corrected chi connectivity index (χ2v) is 3.30. The van der Waals surface area contributed by atoms with Gasteiger partial charge in [0.25, 0.3) is 0 Å². The lowest BCUT2D eigenvalue weighted by atomic mass is 10.2. The minimum atomic E-state index is 0.149. The fraction of sp³-hybridized carbons (Fsp3) is 0.286. The molecule has 3 heteroatoms. The number of rotatable bonds is 2. The minimum absolute atomic E-state index is 0.149. The van der Waals surface area contributed by atoms with E-state index in [0.717, 1.165) is 16.5 Å². The van der Waals surface area contributed by atoms with Crippen LogP contribution in [0.3, 0.4) is 0 Å². The van der Waals surface area contributed by atoms with E-state index in [4.69, 9.17) is 0 Å². The fourth-order valence-electron chi connectivity index (χ4n) is 0.736. The van der Waals surface area contributed by atoms with Crippen molar-refractivity contribution in [2.24, 2.45) is 0 Å². The van der Waals surface area contributed by atoms with Crippen molar-refractivity contribution in [2.75, 3.05) is 0 Å². The Morgan fingerprint density at radius 1 is 1.70 bits per heavy atom. The van der Waals surface area contributed by atoms with E-state index in [9.17, 15) is 4.79 Å². The molecule has 0 atom stereocenters. The van der Waals surface area contributed by atoms with Crippen LogP contribution in [0.25, 0.3) is 0 Å². The first kappa shape index (κ1) is 7.95. The molecular weight excluding hydrogens is 212 g/mol. The number of thiophene rings is 1. The summed E-state index contributed by atoms with van der Waals surface area (Å²) < 4.78 is 0. The van der Waals surface area contributed by atoms with Gasteiger partial charge in [-0.05, 0) is 17.9 Å². The van der Waals surface area contributed by atoms with E-state index < -0.39 is 0 Å². The van der Waals surface area contributed by atoms with Crippen LogP contribution < -0.4 is 0 Å². The van der Waals surface area contributed by atoms with Gasteiger partial charge >= 0.3 is 0 Å². The average Bonchev–Trinajstić information content (AvgIpc) is 2.33. The van der Waals surface area contributed by atoms with Crippen molar-refractivity contribution >= 4 is 33.0 Å². The number of alkyl halides is 1. The zero-order chi connectivity index (χ0) is 7.56. The molecule has 0 aliphatic rings. The van der Waals surface area contributed by atoms with E-state index in [2.05, 4.69) is 15.9 Å². The van der Waals surface area contributed by atoms with E-state index in [-0.39, 0.29) is 5.78 Å². The summed E-state index contributed by atoms with van der Waals surface area (Å²) in [6, 6.07) is 0. The van der Waals surface area contributed by atoms with Gasteiger partial charge in [-0.25, -0.2) is 0 Å². The van der Waals surface area contributed by atoms with E-state index in [1.54, 1.807) is 18.3 Å². The van der Waals surface area contributed by atoms with Crippen molar-refractivity contribution in [3.63, 3.8) is 0 Å². The van der Waals surface area contributed by atoms with Gasteiger partial charge in [-0.1, -0.05) is 15.9 Å². The summed E-state index contributed by atoms with van der Waals surface area (Å²) in [4.78, 5) is 10.9. The molecular formula is C7H7BrOS. The largest absolute Gasteiger partial charge is 0.294 e. The predicted octanol–water partition coefficient (Wildman–Crippen LogP) is 2.85. The highest BCUT2D eigenvalue weighted by Crippen LogP contribution is 2.17. The van der Waals surface area contributed by atoms with Crippen LogP contribution in [0.1, 0.15) is 22.8 Å². The molecule has 0 aliphatic heterocycles. The number of carbonyl (C=O) groups is 1. The van der Waals surface area contributed by atoms with Crippen LogP contribution in [-0.4, -0.2) is 5.78 Å². The monoisotopic (exact) mass is 218 g/mol. The Kier molecular flexibility index (Phi) is 2.63. The highest BCUT2D eigenvalue weighted by molar-refractivity contribution is 9.08. The van der Waals surface area contributed by atoms with Gasteiger partial charge < -0.3 is 0 Å². The number of halogens is 1. The molecule has 0 saturated heterocycles. The van der Waals surface area contributed by atoms with Gasteiger partial charge in [0, 0.05) is 16.3 Å². The Bertz CT molecular complexity index is 242. The van der Waals surface area contributed by atoms with Gasteiger partial charge in [0.2, 0.25) is 0 Å². The first-order valence-corrected chi connectivity index (χ1v) is 4.94. The molecule has 1 rings (SSSR count). The van der Waals surface area contributed by atoms with Crippen LogP contribution >= 0.6 is 27.3 Å². The number of ketones is 1. The highest BCUT2D eigenvalue weighted by atomic mass is 79.9. The molecule has 0 amide bonds. The number of hydrogen-bond acceptors (Lipinski definition) is 2. The third kappa shape index (κ3) is 1.47. The maximum Gasteiger partial charge on any atom is 0.160 e. The molecule has 10 heavy (non-hydrogen) atoms. The molecule has 0 spiro atoms. The lowest BCUT2D eigenvalue weighted by Gasteiger charge is -1.91. The average molecular weight is 219 g/mol. The second-order valence-electron chi connectivity index (χ2n) is 2.00. The van der Waals surface area contributed by atoms with E-state index in [1.165, 1.54) is 0 Å². The molecule has 0 radical (unpaired) electrons. The lowest BCUT2D eigenvalue weighted by Crippen LogP contribution is -1.92. The number of Topliss-reactive ketones (excluding diaryl/α,β-unsaturated/α-hetero) is 1. The van der Waals surface area contributed by atoms with Crippen LogP contribution in [0.5, 0.6) is 0 Å². The van der Waals surface area contributed by atoms with Crippen molar-refractivity contribution < 1.29 is 4.79 Å². The Morgan fingerprint density at radius 3 is 2.80 bits per heavy atom. The number of carbonyl (C=O) groups excluding carboxylic acids is 1. The summed E-state index contributed by atoms with van der Waals surface area (Å²) in [7, 11) is 0. The molecule has 1 aromatic heterocycles. The van der Waals surface area contributed by atoms with Gasteiger partial charge in [-0.2, -0.15) is 11.3 Å². The van der Waals surface area contributed by atoms with Crippen LogP contribution in [0, 0.1) is 0 Å². The molecule has 0 saturated carbocycles. The van der Waals surface area contributed by atoms with Crippen LogP contribution in [0.15, 0.2) is 10.8 Å². The Morgan fingerprint density at radius 2 is 2.40 bits per heavy atom. The van der Waals surface area contributed by atoms with Crippen molar-refractivity contribution in [1.29, 1.82) is 0 Å². The molecule has 1 aromatic rings. The Hall–Kier alpha value is -0.150.